The van der Waals surface area contributed by atoms with E-state index in [1.807, 2.05) is 53.2 Å². The number of hydrogen-bond donors (Lipinski definition) is 3. The number of carbonyl (C=O) groups is 1. The Bertz CT molecular complexity index is 1690. The summed E-state index contributed by atoms with van der Waals surface area (Å²) in [5, 5.41) is 13.5. The van der Waals surface area contributed by atoms with E-state index in [1.165, 1.54) is 29.9 Å². The molecule has 2 aliphatic rings. The maximum absolute atomic E-state index is 14.4. The Kier molecular flexibility index (Phi) is 8.32. The second kappa shape index (κ2) is 12.2. The van der Waals surface area contributed by atoms with Crippen LogP contribution in [0.3, 0.4) is 0 Å². The molecular weight excluding hydrogens is 584 g/mol. The van der Waals surface area contributed by atoms with Gasteiger partial charge in [0.05, 0.1) is 16.1 Å². The van der Waals surface area contributed by atoms with Crippen LogP contribution in [0.25, 0.3) is 11.1 Å². The van der Waals surface area contributed by atoms with Crippen molar-refractivity contribution in [2.24, 2.45) is 5.92 Å². The summed E-state index contributed by atoms with van der Waals surface area (Å²) < 4.78 is 40.2. The summed E-state index contributed by atoms with van der Waals surface area (Å²) in [6, 6.07) is 19.2. The number of hydrogen-bond acceptors (Lipinski definition) is 6. The summed E-state index contributed by atoms with van der Waals surface area (Å²) in [7, 11) is -1.69. The molecule has 0 bridgehead atoms. The van der Waals surface area contributed by atoms with E-state index in [4.69, 9.17) is 0 Å². The van der Waals surface area contributed by atoms with Crippen LogP contribution in [0.15, 0.2) is 82.4 Å². The van der Waals surface area contributed by atoms with Crippen molar-refractivity contribution < 1.29 is 23.4 Å². The third kappa shape index (κ3) is 5.81. The van der Waals surface area contributed by atoms with Crippen LogP contribution in [0, 0.1) is 23.6 Å². The normalized spacial score (nSPS) is 19.5. The number of carboxylic acids is 1. The molecule has 1 unspecified atom stereocenters. The van der Waals surface area contributed by atoms with Crippen molar-refractivity contribution in [3.63, 3.8) is 0 Å². The molecular formula is C34H33FN2O4S2. The maximum atomic E-state index is 14.4. The Morgan fingerprint density at radius 1 is 1.00 bits per heavy atom. The van der Waals surface area contributed by atoms with Crippen molar-refractivity contribution in [3.05, 3.63) is 100.0 Å². The molecule has 4 aromatic rings. The van der Waals surface area contributed by atoms with E-state index >= 15 is 0 Å². The lowest BCUT2D eigenvalue weighted by Crippen LogP contribution is -2.45. The van der Waals surface area contributed by atoms with Gasteiger partial charge in [-0.3, -0.25) is 9.11 Å². The Labute approximate surface area is 256 Å². The highest BCUT2D eigenvalue weighted by Crippen LogP contribution is 2.60. The highest BCUT2D eigenvalue weighted by Gasteiger charge is 2.41. The molecule has 222 valence electrons. The lowest BCUT2D eigenvalue weighted by Gasteiger charge is -2.46. The largest absolute Gasteiger partial charge is 0.478 e. The molecule has 0 spiro atoms. The molecule has 1 atom stereocenters. The summed E-state index contributed by atoms with van der Waals surface area (Å²) in [4.78, 5) is 14.3. The fourth-order valence-electron chi connectivity index (χ4n) is 6.23. The number of rotatable bonds is 4. The summed E-state index contributed by atoms with van der Waals surface area (Å²) in [6.07, 6.45) is 5.49. The number of anilines is 2. The van der Waals surface area contributed by atoms with Gasteiger partial charge in [0.1, 0.15) is 5.82 Å². The predicted octanol–water partition coefficient (Wildman–Crippen LogP) is 8.71. The van der Waals surface area contributed by atoms with Gasteiger partial charge in [-0.15, -0.1) is 10.8 Å². The van der Waals surface area contributed by atoms with E-state index in [0.29, 0.717) is 39.7 Å². The van der Waals surface area contributed by atoms with Gasteiger partial charge in [-0.1, -0.05) is 55.4 Å². The minimum atomic E-state index is -3.48. The second-order valence-electron chi connectivity index (χ2n) is 11.1. The van der Waals surface area contributed by atoms with E-state index in [2.05, 4.69) is 16.7 Å². The molecule has 3 N–H and O–H groups in total. The van der Waals surface area contributed by atoms with Crippen LogP contribution >= 0.6 is 22.1 Å². The van der Waals surface area contributed by atoms with Gasteiger partial charge >= 0.3 is 5.97 Å². The molecule has 6 rings (SSSR count). The van der Waals surface area contributed by atoms with Crippen LogP contribution in [0.5, 0.6) is 0 Å². The molecule has 0 amide bonds. The van der Waals surface area contributed by atoms with Gasteiger partial charge in [-0.2, -0.15) is 15.6 Å². The van der Waals surface area contributed by atoms with Crippen LogP contribution in [0.4, 0.5) is 15.8 Å². The number of likely N-dealkylation sites (N-methyl/N-ethyl adjacent to an activating group) is 1. The van der Waals surface area contributed by atoms with Crippen LogP contribution in [-0.4, -0.2) is 44.1 Å². The average Bonchev–Trinajstić information content (AvgIpc) is 3.52. The van der Waals surface area contributed by atoms with Gasteiger partial charge < -0.3 is 10.0 Å². The van der Waals surface area contributed by atoms with Crippen LogP contribution in [0.1, 0.15) is 53.6 Å². The quantitative estimate of drug-likeness (QED) is 0.199. The third-order valence-electron chi connectivity index (χ3n) is 8.56. The molecule has 1 fully saturated rings. The molecule has 1 aliphatic carbocycles. The van der Waals surface area contributed by atoms with E-state index in [0.717, 1.165) is 43.0 Å². The number of para-hydroxylation sites is 1. The smallest absolute Gasteiger partial charge is 0.338 e. The lowest BCUT2D eigenvalue weighted by atomic mass is 9.83. The van der Waals surface area contributed by atoms with Gasteiger partial charge in [0.25, 0.3) is 0 Å². The second-order valence-corrected chi connectivity index (χ2v) is 13.9. The summed E-state index contributed by atoms with van der Waals surface area (Å²) >= 11 is 1.53. The van der Waals surface area contributed by atoms with Crippen molar-refractivity contribution >= 4 is 39.5 Å². The van der Waals surface area contributed by atoms with Crippen LogP contribution in [-0.2, 0) is 0 Å². The SMILES string of the molecule is CN1C(C2CCCCC2)CN(c2ccccc2)c2cc(C#Cc3ccsc3)c(-c3ccc(F)c(C(=O)O)c3)cc2S1(O)O. The number of thiophene rings is 1. The molecule has 9 heteroatoms. The Balaban J connectivity index is 1.60. The third-order valence-corrected chi connectivity index (χ3v) is 11.2. The molecule has 0 saturated heterocycles. The van der Waals surface area contributed by atoms with Crippen molar-refractivity contribution in [3.8, 4) is 23.0 Å². The van der Waals surface area contributed by atoms with Crippen molar-refractivity contribution in [1.82, 2.24) is 4.31 Å². The van der Waals surface area contributed by atoms with E-state index < -0.39 is 28.1 Å². The molecule has 0 radical (unpaired) electrons. The molecule has 1 aliphatic heterocycles. The molecule has 1 saturated carbocycles. The summed E-state index contributed by atoms with van der Waals surface area (Å²) in [6.45, 7) is 0.560. The Morgan fingerprint density at radius 2 is 1.77 bits per heavy atom. The number of benzene rings is 3. The fraction of sp³-hybridized carbons (Fsp3) is 0.265. The number of fused-ring (bicyclic) bond motifs is 1. The van der Waals surface area contributed by atoms with E-state index in [1.54, 1.807) is 17.4 Å². The van der Waals surface area contributed by atoms with Crippen molar-refractivity contribution in [1.29, 1.82) is 0 Å². The predicted molar refractivity (Wildman–Crippen MR) is 172 cm³/mol. The first-order valence-electron chi connectivity index (χ1n) is 14.3. The van der Waals surface area contributed by atoms with Gasteiger partial charge in [-0.25, -0.2) is 9.18 Å². The Hall–Kier alpha value is -3.65. The first-order valence-corrected chi connectivity index (χ1v) is 16.8. The molecule has 43 heavy (non-hydrogen) atoms. The van der Waals surface area contributed by atoms with Crippen LogP contribution < -0.4 is 4.90 Å². The monoisotopic (exact) mass is 616 g/mol. The van der Waals surface area contributed by atoms with Gasteiger partial charge in [0.15, 0.2) is 0 Å². The lowest BCUT2D eigenvalue weighted by molar-refractivity contribution is 0.0692. The highest BCUT2D eigenvalue weighted by molar-refractivity contribution is 8.22. The van der Waals surface area contributed by atoms with Crippen LogP contribution in [0.2, 0.25) is 0 Å². The first-order chi connectivity index (χ1) is 20.7. The molecule has 1 aromatic heterocycles. The van der Waals surface area contributed by atoms with Crippen molar-refractivity contribution in [2.75, 3.05) is 18.5 Å². The number of halogens is 1. The summed E-state index contributed by atoms with van der Waals surface area (Å²) in [5.41, 5.74) is 3.43. The average molecular weight is 617 g/mol. The minimum Gasteiger partial charge on any atom is -0.478 e. The first kappa shape index (κ1) is 29.4. The number of nitrogens with zero attached hydrogens (tertiary/aromatic N) is 2. The zero-order chi connectivity index (χ0) is 30.1. The fourth-order valence-corrected chi connectivity index (χ4v) is 8.47. The minimum absolute atomic E-state index is 0.119. The zero-order valence-corrected chi connectivity index (χ0v) is 25.4. The van der Waals surface area contributed by atoms with Crippen molar-refractivity contribution in [2.45, 2.75) is 43.0 Å². The van der Waals surface area contributed by atoms with Gasteiger partial charge in [0, 0.05) is 41.8 Å². The summed E-state index contributed by atoms with van der Waals surface area (Å²) in [5.74, 6) is 4.53. The maximum Gasteiger partial charge on any atom is 0.338 e. The zero-order valence-electron chi connectivity index (χ0n) is 23.7. The number of aromatic carboxylic acids is 1. The molecule has 2 heterocycles. The highest BCUT2D eigenvalue weighted by atomic mass is 32.3. The molecule has 6 nitrogen and oxygen atoms in total. The molecule has 3 aromatic carbocycles. The standard InChI is InChI=1S/C34H33FN2O4S2/c1-36-32(24-8-4-2-5-9-24)21-37(27-10-6-3-7-11-27)31-19-26(13-12-23-16-17-42-22-23)28(20-33(31)43(36,40)41)25-14-15-30(35)29(18-25)34(38)39/h3,6-7,10-11,14-20,22,24,32,40-41H,2,4-5,8-9,21H2,1H3,(H,38,39). The van der Waals surface area contributed by atoms with Gasteiger partial charge in [0.2, 0.25) is 0 Å². The Morgan fingerprint density at radius 3 is 2.47 bits per heavy atom. The topological polar surface area (TPSA) is 84.2 Å². The van der Waals surface area contributed by atoms with E-state index in [-0.39, 0.29) is 6.04 Å². The van der Waals surface area contributed by atoms with E-state index in [9.17, 15) is 23.4 Å². The number of carboxylic acid groups (broad SMARTS) is 1. The van der Waals surface area contributed by atoms with Gasteiger partial charge in [-0.05, 0) is 77.7 Å².